The van der Waals surface area contributed by atoms with Crippen molar-refractivity contribution in [2.75, 3.05) is 11.6 Å². The van der Waals surface area contributed by atoms with E-state index >= 15 is 0 Å². The highest BCUT2D eigenvalue weighted by atomic mass is 32.2. The van der Waals surface area contributed by atoms with E-state index in [0.717, 1.165) is 22.0 Å². The molecule has 0 saturated carbocycles. The molecule has 2 aromatic heterocycles. The molecular formula is C21H19N3O2S. The molecule has 27 heavy (non-hydrogen) atoms. The predicted molar refractivity (Wildman–Crippen MR) is 109 cm³/mol. The Balaban J connectivity index is 1.51. The third-order valence-corrected chi connectivity index (χ3v) is 4.29. The second-order valence-corrected chi connectivity index (χ2v) is 6.42. The van der Waals surface area contributed by atoms with E-state index in [9.17, 15) is 4.79 Å². The number of benzene rings is 1. The van der Waals surface area contributed by atoms with Gasteiger partial charge in [0.1, 0.15) is 12.4 Å². The first kappa shape index (κ1) is 18.7. The van der Waals surface area contributed by atoms with Crippen LogP contribution >= 0.6 is 11.8 Å². The molecule has 3 rings (SSSR count). The standard InChI is InChI=1S/C21H19N3O2S/c1-27-21-12-8-17(14-23-21)24-20(25)11-7-16-5-9-19(10-6-16)26-15-18-4-2-3-13-22-18/h2-14H,15H2,1H3,(H,24,25)/b11-7+. The molecule has 2 heterocycles. The molecule has 0 unspecified atom stereocenters. The fraction of sp³-hybridized carbons (Fsp3) is 0.0952. The zero-order chi connectivity index (χ0) is 18.9. The Hall–Kier alpha value is -3.12. The van der Waals surface area contributed by atoms with Gasteiger partial charge in [0.15, 0.2) is 0 Å². The maximum absolute atomic E-state index is 12.0. The highest BCUT2D eigenvalue weighted by molar-refractivity contribution is 7.98. The van der Waals surface area contributed by atoms with E-state index in [0.29, 0.717) is 12.3 Å². The lowest BCUT2D eigenvalue weighted by molar-refractivity contribution is -0.111. The molecule has 1 aromatic carbocycles. The van der Waals surface area contributed by atoms with Gasteiger partial charge in [-0.05, 0) is 54.3 Å². The Morgan fingerprint density at radius 1 is 1.11 bits per heavy atom. The number of hydrogen-bond acceptors (Lipinski definition) is 5. The minimum absolute atomic E-state index is 0.204. The molecule has 1 amide bonds. The first-order valence-electron chi connectivity index (χ1n) is 8.35. The van der Waals surface area contributed by atoms with Gasteiger partial charge in [0.2, 0.25) is 5.91 Å². The van der Waals surface area contributed by atoms with Crippen LogP contribution in [0.5, 0.6) is 5.75 Å². The number of anilines is 1. The van der Waals surface area contributed by atoms with Gasteiger partial charge in [-0.3, -0.25) is 9.78 Å². The molecule has 0 radical (unpaired) electrons. The number of rotatable bonds is 7. The third kappa shape index (κ3) is 5.97. The predicted octanol–water partition coefficient (Wildman–Crippen LogP) is 4.43. The van der Waals surface area contributed by atoms with Crippen molar-refractivity contribution in [3.05, 3.63) is 84.3 Å². The topological polar surface area (TPSA) is 64.1 Å². The number of thioether (sulfide) groups is 1. The van der Waals surface area contributed by atoms with Crippen LogP contribution in [-0.4, -0.2) is 22.1 Å². The van der Waals surface area contributed by atoms with Gasteiger partial charge in [0.05, 0.1) is 22.6 Å². The van der Waals surface area contributed by atoms with Gasteiger partial charge in [-0.2, -0.15) is 0 Å². The molecule has 1 N–H and O–H groups in total. The Kier molecular flexibility index (Phi) is 6.60. The number of amides is 1. The average molecular weight is 377 g/mol. The van der Waals surface area contributed by atoms with Crippen molar-refractivity contribution in [1.29, 1.82) is 0 Å². The van der Waals surface area contributed by atoms with Crippen LogP contribution < -0.4 is 10.1 Å². The normalized spacial score (nSPS) is 10.7. The van der Waals surface area contributed by atoms with Gasteiger partial charge in [0, 0.05) is 12.3 Å². The number of aromatic nitrogens is 2. The molecule has 0 aliphatic heterocycles. The van der Waals surface area contributed by atoms with Crippen molar-refractivity contribution in [3.8, 4) is 5.75 Å². The van der Waals surface area contributed by atoms with Crippen LogP contribution in [0.3, 0.4) is 0 Å². The van der Waals surface area contributed by atoms with E-state index in [4.69, 9.17) is 4.74 Å². The first-order chi connectivity index (χ1) is 13.2. The van der Waals surface area contributed by atoms with E-state index in [2.05, 4.69) is 15.3 Å². The Morgan fingerprint density at radius 2 is 1.96 bits per heavy atom. The average Bonchev–Trinajstić information content (AvgIpc) is 2.73. The second kappa shape index (κ2) is 9.54. The quantitative estimate of drug-likeness (QED) is 0.487. The maximum atomic E-state index is 12.0. The van der Waals surface area contributed by atoms with Crippen molar-refractivity contribution in [3.63, 3.8) is 0 Å². The Labute approximate surface area is 162 Å². The van der Waals surface area contributed by atoms with Crippen molar-refractivity contribution < 1.29 is 9.53 Å². The summed E-state index contributed by atoms with van der Waals surface area (Å²) in [6.07, 6.45) is 8.59. The fourth-order valence-corrected chi connectivity index (χ4v) is 2.61. The van der Waals surface area contributed by atoms with Crippen molar-refractivity contribution >= 4 is 29.4 Å². The summed E-state index contributed by atoms with van der Waals surface area (Å²) in [5, 5.41) is 3.70. The number of ether oxygens (including phenoxy) is 1. The highest BCUT2D eigenvalue weighted by Gasteiger charge is 2.00. The van der Waals surface area contributed by atoms with Crippen LogP contribution in [0, 0.1) is 0 Å². The lowest BCUT2D eigenvalue weighted by Crippen LogP contribution is -2.07. The highest BCUT2D eigenvalue weighted by Crippen LogP contribution is 2.16. The van der Waals surface area contributed by atoms with Crippen LogP contribution in [0.1, 0.15) is 11.3 Å². The summed E-state index contributed by atoms with van der Waals surface area (Å²) in [5.74, 6) is 0.548. The molecule has 5 nitrogen and oxygen atoms in total. The van der Waals surface area contributed by atoms with E-state index in [-0.39, 0.29) is 5.91 Å². The molecule has 136 valence electrons. The minimum Gasteiger partial charge on any atom is -0.487 e. The van der Waals surface area contributed by atoms with Crippen LogP contribution in [-0.2, 0) is 11.4 Å². The number of hydrogen-bond donors (Lipinski definition) is 1. The van der Waals surface area contributed by atoms with E-state index < -0.39 is 0 Å². The minimum atomic E-state index is -0.204. The first-order valence-corrected chi connectivity index (χ1v) is 9.57. The van der Waals surface area contributed by atoms with Gasteiger partial charge >= 0.3 is 0 Å². The van der Waals surface area contributed by atoms with E-state index in [1.165, 1.54) is 6.08 Å². The second-order valence-electron chi connectivity index (χ2n) is 5.59. The molecule has 0 saturated heterocycles. The van der Waals surface area contributed by atoms with Crippen molar-refractivity contribution in [2.24, 2.45) is 0 Å². The Morgan fingerprint density at radius 3 is 2.63 bits per heavy atom. The summed E-state index contributed by atoms with van der Waals surface area (Å²) in [4.78, 5) is 20.4. The zero-order valence-electron chi connectivity index (χ0n) is 14.8. The summed E-state index contributed by atoms with van der Waals surface area (Å²) < 4.78 is 5.70. The summed E-state index contributed by atoms with van der Waals surface area (Å²) in [6.45, 7) is 0.418. The van der Waals surface area contributed by atoms with Crippen LogP contribution in [0.2, 0.25) is 0 Å². The molecular weight excluding hydrogens is 358 g/mol. The largest absolute Gasteiger partial charge is 0.487 e. The van der Waals surface area contributed by atoms with Gasteiger partial charge in [0.25, 0.3) is 0 Å². The van der Waals surface area contributed by atoms with Gasteiger partial charge in [-0.15, -0.1) is 11.8 Å². The summed E-state index contributed by atoms with van der Waals surface area (Å²) in [6, 6.07) is 16.9. The molecule has 0 aliphatic rings. The van der Waals surface area contributed by atoms with Gasteiger partial charge in [-0.25, -0.2) is 4.98 Å². The monoisotopic (exact) mass is 377 g/mol. The van der Waals surface area contributed by atoms with E-state index in [1.54, 1.807) is 30.2 Å². The van der Waals surface area contributed by atoms with Crippen LogP contribution in [0.15, 0.2) is 78.1 Å². The lowest BCUT2D eigenvalue weighted by Gasteiger charge is -2.05. The smallest absolute Gasteiger partial charge is 0.248 e. The van der Waals surface area contributed by atoms with Crippen molar-refractivity contribution in [1.82, 2.24) is 9.97 Å². The number of pyridine rings is 2. The summed E-state index contributed by atoms with van der Waals surface area (Å²) in [5.41, 5.74) is 2.45. The van der Waals surface area contributed by atoms with Gasteiger partial charge in [-0.1, -0.05) is 18.2 Å². The van der Waals surface area contributed by atoms with E-state index in [1.807, 2.05) is 60.9 Å². The third-order valence-electron chi connectivity index (χ3n) is 3.63. The maximum Gasteiger partial charge on any atom is 0.248 e. The zero-order valence-corrected chi connectivity index (χ0v) is 15.6. The Bertz CT molecular complexity index is 895. The molecule has 6 heteroatoms. The van der Waals surface area contributed by atoms with Crippen LogP contribution in [0.4, 0.5) is 5.69 Å². The number of carbonyl (C=O) groups is 1. The van der Waals surface area contributed by atoms with Crippen molar-refractivity contribution in [2.45, 2.75) is 11.6 Å². The summed E-state index contributed by atoms with van der Waals surface area (Å²) >= 11 is 1.56. The number of carbonyl (C=O) groups excluding carboxylic acids is 1. The molecule has 0 spiro atoms. The molecule has 0 bridgehead atoms. The number of nitrogens with zero attached hydrogens (tertiary/aromatic N) is 2. The van der Waals surface area contributed by atoms with Crippen LogP contribution in [0.25, 0.3) is 6.08 Å². The molecule has 0 atom stereocenters. The number of nitrogens with one attached hydrogen (secondary N) is 1. The fourth-order valence-electron chi connectivity index (χ4n) is 2.25. The lowest BCUT2D eigenvalue weighted by atomic mass is 10.2. The van der Waals surface area contributed by atoms with Gasteiger partial charge < -0.3 is 10.1 Å². The molecule has 0 aliphatic carbocycles. The molecule has 3 aromatic rings. The SMILES string of the molecule is CSc1ccc(NC(=O)/C=C/c2ccc(OCc3ccccn3)cc2)cn1. The summed E-state index contributed by atoms with van der Waals surface area (Å²) in [7, 11) is 0. The molecule has 0 fully saturated rings.